The molecular weight excluding hydrogens is 244 g/mol. The van der Waals surface area contributed by atoms with Crippen LogP contribution in [-0.2, 0) is 11.2 Å². The summed E-state index contributed by atoms with van der Waals surface area (Å²) in [6, 6.07) is 6.85. The standard InChI is InChI=1S/C11H13ClN2OS/c1-7(11(13)16)14-10(15)6-8-2-4-9(12)5-3-8/h2-5,7H,6H2,1H3,(H2,13,16)(H,14,15). The van der Waals surface area contributed by atoms with Crippen molar-refractivity contribution in [2.45, 2.75) is 19.4 Å². The minimum atomic E-state index is -0.283. The first kappa shape index (κ1) is 12.9. The zero-order valence-electron chi connectivity index (χ0n) is 8.87. The van der Waals surface area contributed by atoms with Crippen molar-refractivity contribution in [1.82, 2.24) is 5.32 Å². The van der Waals surface area contributed by atoms with Crippen LogP contribution < -0.4 is 11.1 Å². The van der Waals surface area contributed by atoms with E-state index in [1.165, 1.54) is 0 Å². The predicted molar refractivity (Wildman–Crippen MR) is 69.5 cm³/mol. The molecule has 86 valence electrons. The van der Waals surface area contributed by atoms with Gasteiger partial charge in [-0.2, -0.15) is 0 Å². The van der Waals surface area contributed by atoms with E-state index in [2.05, 4.69) is 5.32 Å². The normalized spacial score (nSPS) is 11.9. The zero-order valence-corrected chi connectivity index (χ0v) is 10.4. The van der Waals surface area contributed by atoms with Crippen LogP contribution in [-0.4, -0.2) is 16.9 Å². The van der Waals surface area contributed by atoms with Crippen molar-refractivity contribution in [3.8, 4) is 0 Å². The lowest BCUT2D eigenvalue weighted by Gasteiger charge is -2.11. The van der Waals surface area contributed by atoms with Gasteiger partial charge in [-0.05, 0) is 24.6 Å². The monoisotopic (exact) mass is 256 g/mol. The van der Waals surface area contributed by atoms with Crippen LogP contribution in [0.2, 0.25) is 5.02 Å². The van der Waals surface area contributed by atoms with E-state index in [0.29, 0.717) is 11.4 Å². The van der Waals surface area contributed by atoms with E-state index < -0.39 is 0 Å². The lowest BCUT2D eigenvalue weighted by atomic mass is 10.1. The summed E-state index contributed by atoms with van der Waals surface area (Å²) in [5, 5.41) is 3.36. The largest absolute Gasteiger partial charge is 0.392 e. The smallest absolute Gasteiger partial charge is 0.224 e. The summed E-state index contributed by atoms with van der Waals surface area (Å²) in [4.78, 5) is 11.8. The van der Waals surface area contributed by atoms with Gasteiger partial charge in [0.15, 0.2) is 0 Å². The number of benzene rings is 1. The molecule has 1 aromatic carbocycles. The van der Waals surface area contributed by atoms with Gasteiger partial charge in [-0.1, -0.05) is 36.0 Å². The van der Waals surface area contributed by atoms with Crippen LogP contribution >= 0.6 is 23.8 Å². The SMILES string of the molecule is CC(NC(=O)Cc1ccc(Cl)cc1)C(N)=S. The molecule has 3 nitrogen and oxygen atoms in total. The van der Waals surface area contributed by atoms with E-state index in [-0.39, 0.29) is 16.9 Å². The third-order valence-corrected chi connectivity index (χ3v) is 2.69. The van der Waals surface area contributed by atoms with Gasteiger partial charge in [-0.3, -0.25) is 4.79 Å². The Bertz CT molecular complexity index is 391. The molecule has 1 rings (SSSR count). The first-order chi connectivity index (χ1) is 7.49. The number of hydrogen-bond acceptors (Lipinski definition) is 2. The van der Waals surface area contributed by atoms with Crippen molar-refractivity contribution < 1.29 is 4.79 Å². The molecule has 16 heavy (non-hydrogen) atoms. The molecule has 0 spiro atoms. The van der Waals surface area contributed by atoms with Gasteiger partial charge in [-0.15, -0.1) is 0 Å². The van der Waals surface area contributed by atoms with Crippen molar-refractivity contribution in [1.29, 1.82) is 0 Å². The number of thiocarbonyl (C=S) groups is 1. The Balaban J connectivity index is 2.52. The highest BCUT2D eigenvalue weighted by Gasteiger charge is 2.09. The topological polar surface area (TPSA) is 55.1 Å². The van der Waals surface area contributed by atoms with Crippen LogP contribution in [0, 0.1) is 0 Å². The molecule has 3 N–H and O–H groups in total. The molecule has 0 fully saturated rings. The van der Waals surface area contributed by atoms with Gasteiger partial charge >= 0.3 is 0 Å². The molecule has 0 bridgehead atoms. The van der Waals surface area contributed by atoms with E-state index in [1.54, 1.807) is 19.1 Å². The van der Waals surface area contributed by atoms with Crippen molar-refractivity contribution in [3.63, 3.8) is 0 Å². The summed E-state index contributed by atoms with van der Waals surface area (Å²) in [6.07, 6.45) is 0.296. The number of halogens is 1. The number of carbonyl (C=O) groups excluding carboxylic acids is 1. The van der Waals surface area contributed by atoms with Gasteiger partial charge in [0.2, 0.25) is 5.91 Å². The molecule has 0 aliphatic carbocycles. The quantitative estimate of drug-likeness (QED) is 0.806. The van der Waals surface area contributed by atoms with Crippen LogP contribution in [0.15, 0.2) is 24.3 Å². The lowest BCUT2D eigenvalue weighted by Crippen LogP contribution is -2.41. The maximum absolute atomic E-state index is 11.6. The molecule has 1 atom stereocenters. The summed E-state index contributed by atoms with van der Waals surface area (Å²) >= 11 is 10.5. The Morgan fingerprint density at radius 3 is 2.56 bits per heavy atom. The molecule has 0 radical (unpaired) electrons. The van der Waals surface area contributed by atoms with Crippen LogP contribution in [0.25, 0.3) is 0 Å². The molecule has 0 aliphatic rings. The average molecular weight is 257 g/mol. The van der Waals surface area contributed by atoms with Crippen molar-refractivity contribution in [2.24, 2.45) is 5.73 Å². The first-order valence-corrected chi connectivity index (χ1v) is 5.61. The summed E-state index contributed by atoms with van der Waals surface area (Å²) in [6.45, 7) is 1.75. The molecule has 1 amide bonds. The predicted octanol–water partition coefficient (Wildman–Crippen LogP) is 1.67. The van der Waals surface area contributed by atoms with Crippen molar-refractivity contribution >= 4 is 34.7 Å². The van der Waals surface area contributed by atoms with Crippen molar-refractivity contribution in [2.75, 3.05) is 0 Å². The Morgan fingerprint density at radius 2 is 2.06 bits per heavy atom. The molecule has 0 aliphatic heterocycles. The summed E-state index contributed by atoms with van der Waals surface area (Å²) in [5.41, 5.74) is 6.30. The van der Waals surface area contributed by atoms with E-state index in [0.717, 1.165) is 5.56 Å². The van der Waals surface area contributed by atoms with Gasteiger partial charge in [0.25, 0.3) is 0 Å². The Kier molecular flexibility index (Phi) is 4.71. The second-order valence-corrected chi connectivity index (χ2v) is 4.40. The fraction of sp³-hybridized carbons (Fsp3) is 0.273. The average Bonchev–Trinajstić information content (AvgIpc) is 2.21. The number of nitrogens with one attached hydrogen (secondary N) is 1. The lowest BCUT2D eigenvalue weighted by molar-refractivity contribution is -0.120. The first-order valence-electron chi connectivity index (χ1n) is 4.82. The molecule has 5 heteroatoms. The fourth-order valence-corrected chi connectivity index (χ4v) is 1.34. The molecular formula is C11H13ClN2OS. The molecule has 1 aromatic rings. The number of amides is 1. The highest BCUT2D eigenvalue weighted by atomic mass is 35.5. The maximum atomic E-state index is 11.6. The van der Waals surface area contributed by atoms with Crippen LogP contribution in [0.4, 0.5) is 0 Å². The minimum Gasteiger partial charge on any atom is -0.392 e. The number of nitrogens with two attached hydrogens (primary N) is 1. The van der Waals surface area contributed by atoms with Crippen LogP contribution in [0.3, 0.4) is 0 Å². The van der Waals surface area contributed by atoms with E-state index in [1.807, 2.05) is 12.1 Å². The van der Waals surface area contributed by atoms with Gasteiger partial charge < -0.3 is 11.1 Å². The summed E-state index contributed by atoms with van der Waals surface area (Å²) in [5.74, 6) is -0.109. The van der Waals surface area contributed by atoms with Crippen LogP contribution in [0.5, 0.6) is 0 Å². The Morgan fingerprint density at radius 1 is 1.50 bits per heavy atom. The Labute approximate surface area is 105 Å². The second kappa shape index (κ2) is 5.82. The molecule has 0 saturated carbocycles. The Hall–Kier alpha value is -1.13. The van der Waals surface area contributed by atoms with E-state index >= 15 is 0 Å². The zero-order chi connectivity index (χ0) is 12.1. The minimum absolute atomic E-state index is 0.109. The summed E-state index contributed by atoms with van der Waals surface area (Å²) in [7, 11) is 0. The van der Waals surface area contributed by atoms with Gasteiger partial charge in [0, 0.05) is 5.02 Å². The van der Waals surface area contributed by atoms with Gasteiger partial charge in [-0.25, -0.2) is 0 Å². The fourth-order valence-electron chi connectivity index (χ4n) is 1.15. The van der Waals surface area contributed by atoms with E-state index in [9.17, 15) is 4.79 Å². The number of rotatable bonds is 4. The third kappa shape index (κ3) is 4.16. The van der Waals surface area contributed by atoms with Crippen molar-refractivity contribution in [3.05, 3.63) is 34.9 Å². The van der Waals surface area contributed by atoms with Crippen LogP contribution in [0.1, 0.15) is 12.5 Å². The summed E-state index contributed by atoms with van der Waals surface area (Å²) < 4.78 is 0. The second-order valence-electron chi connectivity index (χ2n) is 3.49. The van der Waals surface area contributed by atoms with Gasteiger partial charge in [0.05, 0.1) is 17.5 Å². The number of hydrogen-bond donors (Lipinski definition) is 2. The molecule has 0 aromatic heterocycles. The molecule has 1 unspecified atom stereocenters. The van der Waals surface area contributed by atoms with E-state index in [4.69, 9.17) is 29.6 Å². The molecule has 0 heterocycles. The maximum Gasteiger partial charge on any atom is 0.224 e. The molecule has 0 saturated heterocycles. The van der Waals surface area contributed by atoms with Gasteiger partial charge in [0.1, 0.15) is 0 Å². The highest BCUT2D eigenvalue weighted by molar-refractivity contribution is 7.80. The highest BCUT2D eigenvalue weighted by Crippen LogP contribution is 2.09. The third-order valence-electron chi connectivity index (χ3n) is 2.08. The number of carbonyl (C=O) groups is 1.